The van der Waals surface area contributed by atoms with E-state index < -0.39 is 0 Å². The quantitative estimate of drug-likeness (QED) is 0.188. The highest BCUT2D eigenvalue weighted by Gasteiger charge is 2.10. The third-order valence-electron chi connectivity index (χ3n) is 5.09. The number of allylic oxidation sites excluding steroid dienone is 5. The van der Waals surface area contributed by atoms with Crippen LogP contribution >= 0.6 is 0 Å². The van der Waals surface area contributed by atoms with Gasteiger partial charge in [-0.3, -0.25) is 0 Å². The molecule has 0 spiro atoms. The Morgan fingerprint density at radius 1 is 0.972 bits per heavy atom. The van der Waals surface area contributed by atoms with Crippen LogP contribution in [0, 0.1) is 19.8 Å². The second kappa shape index (κ2) is 23.4. The van der Waals surface area contributed by atoms with E-state index in [-0.39, 0.29) is 0 Å². The largest absolute Gasteiger partial charge is 0.394 e. The summed E-state index contributed by atoms with van der Waals surface area (Å²) >= 11 is 0. The number of benzene rings is 1. The van der Waals surface area contributed by atoms with Gasteiger partial charge in [0.05, 0.1) is 5.69 Å². The number of nitrogens with zero attached hydrogens (tertiary/aromatic N) is 2. The molecule has 0 radical (unpaired) electrons. The summed E-state index contributed by atoms with van der Waals surface area (Å²) in [6.07, 6.45) is 20.7. The number of anilines is 1. The van der Waals surface area contributed by atoms with Crippen molar-refractivity contribution < 1.29 is 0 Å². The predicted molar refractivity (Wildman–Crippen MR) is 163 cm³/mol. The summed E-state index contributed by atoms with van der Waals surface area (Å²) in [7, 11) is 1.92. The molecule has 1 aromatic heterocycles. The molecule has 0 aliphatic heterocycles. The van der Waals surface area contributed by atoms with Crippen molar-refractivity contribution >= 4 is 17.1 Å². The molecule has 36 heavy (non-hydrogen) atoms. The first-order valence-corrected chi connectivity index (χ1v) is 13.3. The highest BCUT2D eigenvalue weighted by atomic mass is 15.1. The summed E-state index contributed by atoms with van der Waals surface area (Å²) in [5.41, 5.74) is 6.96. The normalized spacial score (nSPS) is 11.0. The number of nitrogens with one attached hydrogen (secondary N) is 2. The minimum Gasteiger partial charge on any atom is -0.394 e. The second-order valence-electron chi connectivity index (χ2n) is 7.50. The van der Waals surface area contributed by atoms with Crippen molar-refractivity contribution in [3.8, 4) is 12.8 Å². The van der Waals surface area contributed by atoms with E-state index in [1.54, 1.807) is 0 Å². The Bertz CT molecular complexity index is 919. The average molecular weight is 491 g/mol. The van der Waals surface area contributed by atoms with Gasteiger partial charge in [0.25, 0.3) is 0 Å². The van der Waals surface area contributed by atoms with E-state index in [9.17, 15) is 0 Å². The topological polar surface area (TPSA) is 49.8 Å². The fourth-order valence-electron chi connectivity index (χ4n) is 3.15. The van der Waals surface area contributed by atoms with Gasteiger partial charge in [-0.05, 0) is 67.8 Å². The molecule has 4 heteroatoms. The van der Waals surface area contributed by atoms with Crippen LogP contribution in [0.25, 0.3) is 11.1 Å². The lowest BCUT2D eigenvalue weighted by Gasteiger charge is -2.12. The molecule has 1 aromatic carbocycles. The molecule has 2 N–H and O–H groups in total. The number of unbranched alkanes of at least 4 members (excludes halogenated alkanes) is 2. The minimum absolute atomic E-state index is 0.690. The molecule has 0 amide bonds. The van der Waals surface area contributed by atoms with Crippen molar-refractivity contribution in [2.45, 2.75) is 81.1 Å². The van der Waals surface area contributed by atoms with Crippen LogP contribution < -0.4 is 10.6 Å². The van der Waals surface area contributed by atoms with Gasteiger partial charge in [-0.1, -0.05) is 84.2 Å². The molecule has 1 heterocycles. The number of aryl methyl sites for hydroxylation is 1. The number of aromatic nitrogens is 2. The molecule has 0 aliphatic carbocycles. The summed E-state index contributed by atoms with van der Waals surface area (Å²) < 4.78 is 0. The summed E-state index contributed by atoms with van der Waals surface area (Å²) in [6.45, 7) is 17.6. The Kier molecular flexibility index (Phi) is 22.7. The van der Waals surface area contributed by atoms with Gasteiger partial charge in [-0.25, -0.2) is 9.97 Å². The predicted octanol–water partition coefficient (Wildman–Crippen LogP) is 8.69. The van der Waals surface area contributed by atoms with E-state index in [4.69, 9.17) is 4.98 Å². The molecular weight excluding hydrogens is 440 g/mol. The summed E-state index contributed by atoms with van der Waals surface area (Å²) in [4.78, 5) is 9.26. The van der Waals surface area contributed by atoms with Crippen LogP contribution in [0.4, 0.5) is 5.95 Å². The van der Waals surface area contributed by atoms with Crippen molar-refractivity contribution in [2.24, 2.45) is 0 Å². The van der Waals surface area contributed by atoms with Crippen LogP contribution in [0.3, 0.4) is 0 Å². The molecule has 0 saturated heterocycles. The van der Waals surface area contributed by atoms with E-state index in [0.717, 1.165) is 30.7 Å². The number of hydrogen-bond acceptors (Lipinski definition) is 4. The Balaban J connectivity index is 0. The molecule has 198 valence electrons. The van der Waals surface area contributed by atoms with Gasteiger partial charge in [-0.2, -0.15) is 0 Å². The molecule has 0 fully saturated rings. The van der Waals surface area contributed by atoms with Crippen molar-refractivity contribution in [3.05, 3.63) is 77.3 Å². The smallest absolute Gasteiger partial charge is 0.223 e. The molecule has 0 atom stereocenters. The third kappa shape index (κ3) is 13.5. The van der Waals surface area contributed by atoms with E-state index in [2.05, 4.69) is 92.6 Å². The minimum atomic E-state index is 0.690. The van der Waals surface area contributed by atoms with E-state index in [0.29, 0.717) is 5.95 Å². The lowest BCUT2D eigenvalue weighted by Crippen LogP contribution is -2.06. The van der Waals surface area contributed by atoms with Crippen LogP contribution in [0.2, 0.25) is 0 Å². The molecule has 2 aromatic rings. The third-order valence-corrected chi connectivity index (χ3v) is 5.09. The summed E-state index contributed by atoms with van der Waals surface area (Å²) in [6, 6.07) is 10.7. The second-order valence-corrected chi connectivity index (χ2v) is 7.50. The van der Waals surface area contributed by atoms with E-state index >= 15 is 0 Å². The highest BCUT2D eigenvalue weighted by Crippen LogP contribution is 2.28. The Morgan fingerprint density at radius 3 is 2.17 bits per heavy atom. The zero-order chi connectivity index (χ0) is 27.8. The maximum atomic E-state index is 4.84. The SMILES string of the molecule is C#C.CC.CC.CCCCCNc1nccc(C(/C=C(\C=C/NC)CC)=C(/C)c2ccc(C)cc2)n1. The Morgan fingerprint density at radius 2 is 1.61 bits per heavy atom. The van der Waals surface area contributed by atoms with Gasteiger partial charge in [-0.15, -0.1) is 12.8 Å². The number of hydrogen-bond donors (Lipinski definition) is 2. The molecule has 4 nitrogen and oxygen atoms in total. The number of terminal acetylenes is 1. The molecule has 0 saturated carbocycles. The van der Waals surface area contributed by atoms with Gasteiger partial charge in [0.1, 0.15) is 0 Å². The summed E-state index contributed by atoms with van der Waals surface area (Å²) in [5.74, 6) is 0.690. The van der Waals surface area contributed by atoms with Gasteiger partial charge in [0, 0.05) is 25.4 Å². The van der Waals surface area contributed by atoms with Gasteiger partial charge in [0.2, 0.25) is 5.95 Å². The fourth-order valence-corrected chi connectivity index (χ4v) is 3.15. The van der Waals surface area contributed by atoms with Crippen molar-refractivity contribution in [1.29, 1.82) is 0 Å². The lowest BCUT2D eigenvalue weighted by atomic mass is 9.96. The molecule has 0 aliphatic rings. The van der Waals surface area contributed by atoms with Gasteiger partial charge in [0.15, 0.2) is 0 Å². The number of rotatable bonds is 11. The average Bonchev–Trinajstić information content (AvgIpc) is 2.95. The van der Waals surface area contributed by atoms with Crippen molar-refractivity contribution in [2.75, 3.05) is 18.9 Å². The lowest BCUT2D eigenvalue weighted by molar-refractivity contribution is 0.740. The zero-order valence-electron chi connectivity index (χ0n) is 24.3. The van der Waals surface area contributed by atoms with Crippen LogP contribution in [-0.2, 0) is 0 Å². The first-order chi connectivity index (χ1) is 17.6. The zero-order valence-corrected chi connectivity index (χ0v) is 24.3. The van der Waals surface area contributed by atoms with Crippen LogP contribution in [0.15, 0.2) is 60.5 Å². The first-order valence-electron chi connectivity index (χ1n) is 13.3. The fraction of sp³-hybridized carbons (Fsp3) is 0.438. The molecule has 0 unspecified atom stereocenters. The highest BCUT2D eigenvalue weighted by molar-refractivity contribution is 5.94. The van der Waals surface area contributed by atoms with Crippen LogP contribution in [0.1, 0.15) is 91.0 Å². The maximum absolute atomic E-state index is 4.84. The first kappa shape index (κ1) is 34.8. The standard InChI is InChI=1S/C26H36N4.2C2H6.C2H2/c1-6-8-9-16-28-26-29-18-15-25(30-26)24(19-22(7-2)14-17-27-5)21(4)23-12-10-20(3)11-13-23;3*1-2/h10-15,17-19,27H,6-9,16H2,1-5H3,(H,28,29,30);2*1-2H3;1-2H/b17-14-,22-19-,24-21-;;;. The van der Waals surface area contributed by atoms with Crippen molar-refractivity contribution in [1.82, 2.24) is 15.3 Å². The maximum Gasteiger partial charge on any atom is 0.223 e. The van der Waals surface area contributed by atoms with E-state index in [1.165, 1.54) is 35.1 Å². The van der Waals surface area contributed by atoms with Crippen molar-refractivity contribution in [3.63, 3.8) is 0 Å². The van der Waals surface area contributed by atoms with Crippen LogP contribution in [0.5, 0.6) is 0 Å². The van der Waals surface area contributed by atoms with Crippen LogP contribution in [-0.4, -0.2) is 23.6 Å². The van der Waals surface area contributed by atoms with Gasteiger partial charge < -0.3 is 10.6 Å². The molecule has 0 bridgehead atoms. The Hall–Kier alpha value is -3.32. The molecule has 2 rings (SSSR count). The summed E-state index contributed by atoms with van der Waals surface area (Å²) in [5, 5.41) is 6.46. The van der Waals surface area contributed by atoms with Gasteiger partial charge >= 0.3 is 0 Å². The molecular formula is C32H50N4. The van der Waals surface area contributed by atoms with E-state index in [1.807, 2.05) is 53.2 Å². The Labute approximate surface area is 222 Å². The monoisotopic (exact) mass is 490 g/mol.